The van der Waals surface area contributed by atoms with Gasteiger partial charge in [-0.25, -0.2) is 0 Å². The van der Waals surface area contributed by atoms with Crippen molar-refractivity contribution in [3.63, 3.8) is 0 Å². The molecule has 0 saturated carbocycles. The van der Waals surface area contributed by atoms with Gasteiger partial charge in [-0.15, -0.1) is 0 Å². The molecule has 0 bridgehead atoms. The lowest BCUT2D eigenvalue weighted by Gasteiger charge is -2.29. The Labute approximate surface area is 115 Å². The number of nitrogens with zero attached hydrogens (tertiary/aromatic N) is 1. The topological polar surface area (TPSA) is 44.4 Å². The Kier molecular flexibility index (Phi) is 4.43. The normalized spacial score (nSPS) is 15.8. The average Bonchev–Trinajstić information content (AvgIpc) is 2.37. The van der Waals surface area contributed by atoms with Gasteiger partial charge in [0.1, 0.15) is 0 Å². The van der Waals surface area contributed by atoms with Crippen LogP contribution in [0.3, 0.4) is 0 Å². The van der Waals surface area contributed by atoms with Crippen LogP contribution >= 0.6 is 0 Å². The number of piperazine rings is 1. The van der Waals surface area contributed by atoms with Crippen molar-refractivity contribution in [1.82, 2.24) is 10.6 Å². The van der Waals surface area contributed by atoms with Crippen LogP contribution in [0, 0.1) is 6.92 Å². The molecule has 0 aliphatic carbocycles. The standard InChI is InChI=1S/C15H23N3O/c1-11(2)17-9-13-4-5-14(8-12(13)3)18-7-6-16-15(19)10-18/h4-5,8,11,17H,6-7,9-10H2,1-3H3,(H,16,19). The van der Waals surface area contributed by atoms with Crippen LogP contribution in [0.4, 0.5) is 5.69 Å². The smallest absolute Gasteiger partial charge is 0.239 e. The lowest BCUT2D eigenvalue weighted by atomic mass is 10.1. The Bertz CT molecular complexity index is 457. The lowest BCUT2D eigenvalue weighted by Crippen LogP contribution is -2.47. The number of anilines is 1. The number of hydrogen-bond acceptors (Lipinski definition) is 3. The summed E-state index contributed by atoms with van der Waals surface area (Å²) in [6.45, 7) is 9.40. The van der Waals surface area contributed by atoms with E-state index in [9.17, 15) is 4.79 Å². The highest BCUT2D eigenvalue weighted by Gasteiger charge is 2.16. The maximum absolute atomic E-state index is 11.4. The molecule has 1 aliphatic rings. The second-order valence-electron chi connectivity index (χ2n) is 5.42. The molecule has 0 spiro atoms. The van der Waals surface area contributed by atoms with Crippen LogP contribution in [0.5, 0.6) is 0 Å². The molecule has 1 fully saturated rings. The zero-order chi connectivity index (χ0) is 13.8. The molecule has 0 radical (unpaired) electrons. The zero-order valence-electron chi connectivity index (χ0n) is 12.0. The number of aryl methyl sites for hydroxylation is 1. The van der Waals surface area contributed by atoms with Crippen LogP contribution in [0.2, 0.25) is 0 Å². The molecule has 0 atom stereocenters. The minimum atomic E-state index is 0.106. The first-order valence-electron chi connectivity index (χ1n) is 6.91. The number of hydrogen-bond donors (Lipinski definition) is 2. The van der Waals surface area contributed by atoms with Crippen molar-refractivity contribution in [1.29, 1.82) is 0 Å². The second kappa shape index (κ2) is 6.06. The van der Waals surface area contributed by atoms with E-state index in [0.717, 1.165) is 25.3 Å². The molecule has 1 amide bonds. The molecule has 1 aromatic carbocycles. The fourth-order valence-electron chi connectivity index (χ4n) is 2.25. The molecule has 4 nitrogen and oxygen atoms in total. The molecule has 1 saturated heterocycles. The van der Waals surface area contributed by atoms with Crippen molar-refractivity contribution in [2.45, 2.75) is 33.4 Å². The summed E-state index contributed by atoms with van der Waals surface area (Å²) in [6, 6.07) is 6.94. The predicted molar refractivity (Wildman–Crippen MR) is 78.4 cm³/mol. The monoisotopic (exact) mass is 261 g/mol. The largest absolute Gasteiger partial charge is 0.360 e. The summed E-state index contributed by atoms with van der Waals surface area (Å²) in [5.74, 6) is 0.106. The molecule has 1 aliphatic heterocycles. The van der Waals surface area contributed by atoms with Gasteiger partial charge < -0.3 is 15.5 Å². The van der Waals surface area contributed by atoms with Crippen LogP contribution < -0.4 is 15.5 Å². The number of nitrogens with one attached hydrogen (secondary N) is 2. The summed E-state index contributed by atoms with van der Waals surface area (Å²) in [5.41, 5.74) is 3.73. The number of amides is 1. The quantitative estimate of drug-likeness (QED) is 0.862. The van der Waals surface area contributed by atoms with E-state index >= 15 is 0 Å². The molecule has 1 aromatic rings. The molecular formula is C15H23N3O. The Hall–Kier alpha value is -1.55. The predicted octanol–water partition coefficient (Wildman–Crippen LogP) is 1.43. The molecule has 19 heavy (non-hydrogen) atoms. The van der Waals surface area contributed by atoms with Gasteiger partial charge in [0.15, 0.2) is 0 Å². The van der Waals surface area contributed by atoms with E-state index in [1.165, 1.54) is 11.1 Å². The van der Waals surface area contributed by atoms with Crippen LogP contribution in [0.25, 0.3) is 0 Å². The summed E-state index contributed by atoms with van der Waals surface area (Å²) in [4.78, 5) is 13.5. The first kappa shape index (κ1) is 13.9. The maximum atomic E-state index is 11.4. The van der Waals surface area contributed by atoms with Crippen LogP contribution in [0.15, 0.2) is 18.2 Å². The molecule has 0 aromatic heterocycles. The summed E-state index contributed by atoms with van der Waals surface area (Å²) >= 11 is 0. The Morgan fingerprint density at radius 2 is 2.21 bits per heavy atom. The van der Waals surface area contributed by atoms with E-state index < -0.39 is 0 Å². The van der Waals surface area contributed by atoms with E-state index in [1.807, 2.05) is 0 Å². The number of carbonyl (C=O) groups is 1. The lowest BCUT2D eigenvalue weighted by molar-refractivity contribution is -0.120. The van der Waals surface area contributed by atoms with Gasteiger partial charge in [0.25, 0.3) is 0 Å². The third-order valence-corrected chi connectivity index (χ3v) is 3.43. The Morgan fingerprint density at radius 1 is 1.42 bits per heavy atom. The maximum Gasteiger partial charge on any atom is 0.239 e. The van der Waals surface area contributed by atoms with Crippen molar-refractivity contribution < 1.29 is 4.79 Å². The number of carbonyl (C=O) groups excluding carboxylic acids is 1. The van der Waals surface area contributed by atoms with E-state index in [2.05, 4.69) is 54.5 Å². The molecule has 2 rings (SSSR count). The third-order valence-electron chi connectivity index (χ3n) is 3.43. The zero-order valence-corrected chi connectivity index (χ0v) is 12.0. The molecule has 1 heterocycles. The van der Waals surface area contributed by atoms with Gasteiger partial charge in [0.2, 0.25) is 5.91 Å². The first-order chi connectivity index (χ1) is 9.06. The van der Waals surface area contributed by atoms with Gasteiger partial charge in [-0.3, -0.25) is 4.79 Å². The molecule has 4 heteroatoms. The van der Waals surface area contributed by atoms with Gasteiger partial charge in [0.05, 0.1) is 6.54 Å². The van der Waals surface area contributed by atoms with Crippen LogP contribution in [0.1, 0.15) is 25.0 Å². The molecular weight excluding hydrogens is 238 g/mol. The molecule has 0 unspecified atom stereocenters. The van der Waals surface area contributed by atoms with E-state index in [-0.39, 0.29) is 5.91 Å². The van der Waals surface area contributed by atoms with Gasteiger partial charge in [-0.2, -0.15) is 0 Å². The minimum Gasteiger partial charge on any atom is -0.360 e. The van der Waals surface area contributed by atoms with Crippen molar-refractivity contribution in [3.8, 4) is 0 Å². The SMILES string of the molecule is Cc1cc(N2CCNC(=O)C2)ccc1CNC(C)C. The second-order valence-corrected chi connectivity index (χ2v) is 5.42. The van der Waals surface area contributed by atoms with Crippen LogP contribution in [-0.4, -0.2) is 31.6 Å². The highest BCUT2D eigenvalue weighted by molar-refractivity contribution is 5.82. The number of rotatable bonds is 4. The summed E-state index contributed by atoms with van der Waals surface area (Å²) in [6.07, 6.45) is 0. The van der Waals surface area contributed by atoms with Gasteiger partial charge in [0, 0.05) is 31.4 Å². The fourth-order valence-corrected chi connectivity index (χ4v) is 2.25. The van der Waals surface area contributed by atoms with Crippen LogP contribution in [-0.2, 0) is 11.3 Å². The highest BCUT2D eigenvalue weighted by atomic mass is 16.2. The third kappa shape index (κ3) is 3.70. The Morgan fingerprint density at radius 3 is 2.84 bits per heavy atom. The van der Waals surface area contributed by atoms with Gasteiger partial charge in [-0.1, -0.05) is 19.9 Å². The first-order valence-corrected chi connectivity index (χ1v) is 6.91. The molecule has 2 N–H and O–H groups in total. The Balaban J connectivity index is 2.07. The summed E-state index contributed by atoms with van der Waals surface area (Å²) in [5, 5.41) is 6.28. The van der Waals surface area contributed by atoms with E-state index in [4.69, 9.17) is 0 Å². The number of benzene rings is 1. The van der Waals surface area contributed by atoms with Gasteiger partial charge >= 0.3 is 0 Å². The van der Waals surface area contributed by atoms with E-state index in [0.29, 0.717) is 12.6 Å². The van der Waals surface area contributed by atoms with Crippen molar-refractivity contribution in [3.05, 3.63) is 29.3 Å². The van der Waals surface area contributed by atoms with Crippen molar-refractivity contribution in [2.24, 2.45) is 0 Å². The van der Waals surface area contributed by atoms with Crippen molar-refractivity contribution in [2.75, 3.05) is 24.5 Å². The summed E-state index contributed by atoms with van der Waals surface area (Å²) in [7, 11) is 0. The van der Waals surface area contributed by atoms with Crippen molar-refractivity contribution >= 4 is 11.6 Å². The minimum absolute atomic E-state index is 0.106. The fraction of sp³-hybridized carbons (Fsp3) is 0.533. The summed E-state index contributed by atoms with van der Waals surface area (Å²) < 4.78 is 0. The average molecular weight is 261 g/mol. The van der Waals surface area contributed by atoms with E-state index in [1.54, 1.807) is 0 Å². The highest BCUT2D eigenvalue weighted by Crippen LogP contribution is 2.20. The molecule has 104 valence electrons. The van der Waals surface area contributed by atoms with Gasteiger partial charge in [-0.05, 0) is 30.2 Å².